The molecule has 2 fully saturated rings. The first-order valence-electron chi connectivity index (χ1n) is 9.15. The summed E-state index contributed by atoms with van der Waals surface area (Å²) in [6.45, 7) is 7.98. The van der Waals surface area contributed by atoms with Crippen LogP contribution in [0.5, 0.6) is 0 Å². The number of rotatable bonds is 4. The Morgan fingerprint density at radius 1 is 1.36 bits per heavy atom. The van der Waals surface area contributed by atoms with Crippen LogP contribution in [0.2, 0.25) is 0 Å². The van der Waals surface area contributed by atoms with Gasteiger partial charge in [-0.2, -0.15) is 0 Å². The molecule has 6 nitrogen and oxygen atoms in total. The molecule has 0 saturated carbocycles. The third-order valence-corrected chi connectivity index (χ3v) is 5.32. The Labute approximate surface area is 149 Å². The van der Waals surface area contributed by atoms with E-state index in [1.54, 1.807) is 12.4 Å². The molecule has 3 rings (SSSR count). The standard InChI is InChI=1S/C19H27N3O3/c1-4-5-15(3)22-13-19(25-18(22)24)6-8-21(9-7-19)17(23)16-10-14(2)11-20-12-16/h10-12,15H,4-9,13H2,1-3H3/t15-/m1/s1. The second kappa shape index (κ2) is 7.02. The average molecular weight is 345 g/mol. The Bertz CT molecular complexity index is 653. The topological polar surface area (TPSA) is 62.7 Å². The van der Waals surface area contributed by atoms with Gasteiger partial charge >= 0.3 is 6.09 Å². The summed E-state index contributed by atoms with van der Waals surface area (Å²) in [5, 5.41) is 0. The fourth-order valence-corrected chi connectivity index (χ4v) is 3.79. The van der Waals surface area contributed by atoms with Gasteiger partial charge in [0.1, 0.15) is 5.60 Å². The van der Waals surface area contributed by atoms with Crippen molar-refractivity contribution in [3.63, 3.8) is 0 Å². The van der Waals surface area contributed by atoms with Crippen molar-refractivity contribution in [3.8, 4) is 0 Å². The van der Waals surface area contributed by atoms with Gasteiger partial charge < -0.3 is 14.5 Å². The molecule has 2 saturated heterocycles. The summed E-state index contributed by atoms with van der Waals surface area (Å²) in [6, 6.07) is 2.07. The van der Waals surface area contributed by atoms with Crippen molar-refractivity contribution < 1.29 is 14.3 Å². The molecule has 0 radical (unpaired) electrons. The second-order valence-corrected chi connectivity index (χ2v) is 7.36. The SMILES string of the molecule is CCC[C@@H](C)N1CC2(CCN(C(=O)c3cncc(C)c3)CC2)OC1=O. The molecule has 0 unspecified atom stereocenters. The van der Waals surface area contributed by atoms with E-state index in [-0.39, 0.29) is 18.0 Å². The maximum Gasteiger partial charge on any atom is 0.410 e. The van der Waals surface area contributed by atoms with Gasteiger partial charge in [0.05, 0.1) is 12.1 Å². The predicted molar refractivity (Wildman–Crippen MR) is 94.4 cm³/mol. The molecule has 0 aromatic carbocycles. The summed E-state index contributed by atoms with van der Waals surface area (Å²) < 4.78 is 5.76. The Kier molecular flexibility index (Phi) is 4.97. The lowest BCUT2D eigenvalue weighted by molar-refractivity contribution is 0.00305. The number of hydrogen-bond donors (Lipinski definition) is 0. The summed E-state index contributed by atoms with van der Waals surface area (Å²) >= 11 is 0. The number of amides is 2. The summed E-state index contributed by atoms with van der Waals surface area (Å²) in [5.41, 5.74) is 1.17. The number of aromatic nitrogens is 1. The minimum atomic E-state index is -0.430. The molecule has 1 aromatic rings. The molecule has 25 heavy (non-hydrogen) atoms. The highest BCUT2D eigenvalue weighted by atomic mass is 16.6. The number of ether oxygens (including phenoxy) is 1. The van der Waals surface area contributed by atoms with E-state index in [0.29, 0.717) is 38.0 Å². The highest BCUT2D eigenvalue weighted by Crippen LogP contribution is 2.35. The lowest BCUT2D eigenvalue weighted by Gasteiger charge is -2.37. The number of nitrogens with zero attached hydrogens (tertiary/aromatic N) is 3. The summed E-state index contributed by atoms with van der Waals surface area (Å²) in [6.07, 6.45) is 6.57. The van der Waals surface area contributed by atoms with E-state index in [1.807, 2.05) is 22.8 Å². The van der Waals surface area contributed by atoms with Gasteiger partial charge in [-0.3, -0.25) is 9.78 Å². The van der Waals surface area contributed by atoms with Crippen molar-refractivity contribution in [1.82, 2.24) is 14.8 Å². The molecule has 1 aromatic heterocycles. The van der Waals surface area contributed by atoms with Crippen molar-refractivity contribution in [2.45, 2.75) is 58.1 Å². The van der Waals surface area contributed by atoms with E-state index in [0.717, 1.165) is 18.4 Å². The van der Waals surface area contributed by atoms with Crippen LogP contribution in [-0.2, 0) is 4.74 Å². The summed E-state index contributed by atoms with van der Waals surface area (Å²) in [7, 11) is 0. The van der Waals surface area contributed by atoms with Gasteiger partial charge in [-0.25, -0.2) is 4.79 Å². The van der Waals surface area contributed by atoms with Crippen LogP contribution >= 0.6 is 0 Å². The maximum absolute atomic E-state index is 12.6. The first-order valence-corrected chi connectivity index (χ1v) is 9.15. The lowest BCUT2D eigenvalue weighted by atomic mass is 9.90. The van der Waals surface area contributed by atoms with Crippen LogP contribution in [0.25, 0.3) is 0 Å². The smallest absolute Gasteiger partial charge is 0.410 e. The zero-order valence-corrected chi connectivity index (χ0v) is 15.3. The number of hydrogen-bond acceptors (Lipinski definition) is 4. The predicted octanol–water partition coefficient (Wildman–Crippen LogP) is 3.01. The Hall–Kier alpha value is -2.11. The van der Waals surface area contributed by atoms with Crippen LogP contribution in [0.15, 0.2) is 18.5 Å². The number of carbonyl (C=O) groups is 2. The summed E-state index contributed by atoms with van der Waals surface area (Å²) in [5.74, 6) is 0.00609. The monoisotopic (exact) mass is 345 g/mol. The minimum Gasteiger partial charge on any atom is -0.441 e. The van der Waals surface area contributed by atoms with Gasteiger partial charge in [0.15, 0.2) is 0 Å². The van der Waals surface area contributed by atoms with Crippen LogP contribution in [0.4, 0.5) is 4.79 Å². The van der Waals surface area contributed by atoms with Gasteiger partial charge in [0, 0.05) is 44.4 Å². The van der Waals surface area contributed by atoms with Gasteiger partial charge in [0.2, 0.25) is 0 Å². The zero-order valence-electron chi connectivity index (χ0n) is 15.3. The van der Waals surface area contributed by atoms with Crippen molar-refractivity contribution in [2.75, 3.05) is 19.6 Å². The molecule has 0 bridgehead atoms. The molecule has 2 aliphatic heterocycles. The number of aryl methyl sites for hydroxylation is 1. The number of likely N-dealkylation sites (tertiary alicyclic amines) is 1. The highest BCUT2D eigenvalue weighted by Gasteiger charge is 2.48. The van der Waals surface area contributed by atoms with Crippen LogP contribution in [0.1, 0.15) is 55.5 Å². The van der Waals surface area contributed by atoms with Crippen LogP contribution in [-0.4, -0.2) is 58.1 Å². The maximum atomic E-state index is 12.6. The molecule has 2 amide bonds. The van der Waals surface area contributed by atoms with Gasteiger partial charge in [-0.15, -0.1) is 0 Å². The van der Waals surface area contributed by atoms with Gasteiger partial charge in [0.25, 0.3) is 5.91 Å². The summed E-state index contributed by atoms with van der Waals surface area (Å²) in [4.78, 5) is 32.7. The quantitative estimate of drug-likeness (QED) is 0.841. The minimum absolute atomic E-state index is 0.00609. The average Bonchev–Trinajstić information content (AvgIpc) is 2.91. The molecule has 3 heterocycles. The molecule has 1 spiro atoms. The molecule has 0 N–H and O–H groups in total. The Morgan fingerprint density at radius 3 is 2.72 bits per heavy atom. The van der Waals surface area contributed by atoms with E-state index in [4.69, 9.17) is 4.74 Å². The molecular weight excluding hydrogens is 318 g/mol. The van der Waals surface area contributed by atoms with Crippen LogP contribution < -0.4 is 0 Å². The van der Waals surface area contributed by atoms with Crippen LogP contribution in [0.3, 0.4) is 0 Å². The third kappa shape index (κ3) is 3.62. The number of carbonyl (C=O) groups excluding carboxylic acids is 2. The van der Waals surface area contributed by atoms with Crippen molar-refractivity contribution in [1.29, 1.82) is 0 Å². The lowest BCUT2D eigenvalue weighted by Crippen LogP contribution is -2.49. The number of piperidine rings is 1. The largest absolute Gasteiger partial charge is 0.441 e. The molecule has 1 atom stereocenters. The van der Waals surface area contributed by atoms with Crippen molar-refractivity contribution >= 4 is 12.0 Å². The fourth-order valence-electron chi connectivity index (χ4n) is 3.79. The van der Waals surface area contributed by atoms with E-state index >= 15 is 0 Å². The van der Waals surface area contributed by atoms with E-state index in [2.05, 4.69) is 18.8 Å². The Balaban J connectivity index is 1.62. The van der Waals surface area contributed by atoms with Crippen molar-refractivity contribution in [2.24, 2.45) is 0 Å². The Morgan fingerprint density at radius 2 is 2.08 bits per heavy atom. The van der Waals surface area contributed by atoms with E-state index in [1.165, 1.54) is 0 Å². The zero-order chi connectivity index (χ0) is 18.0. The van der Waals surface area contributed by atoms with Crippen molar-refractivity contribution in [3.05, 3.63) is 29.6 Å². The molecule has 6 heteroatoms. The van der Waals surface area contributed by atoms with E-state index in [9.17, 15) is 9.59 Å². The van der Waals surface area contributed by atoms with Crippen LogP contribution in [0, 0.1) is 6.92 Å². The normalized spacial score (nSPS) is 20.7. The molecule has 136 valence electrons. The van der Waals surface area contributed by atoms with Gasteiger partial charge in [-0.05, 0) is 31.9 Å². The van der Waals surface area contributed by atoms with Gasteiger partial charge in [-0.1, -0.05) is 13.3 Å². The first-order chi connectivity index (χ1) is 11.9. The molecule has 2 aliphatic rings. The second-order valence-electron chi connectivity index (χ2n) is 7.36. The number of pyridine rings is 1. The molecule has 0 aliphatic carbocycles. The van der Waals surface area contributed by atoms with E-state index < -0.39 is 5.60 Å². The third-order valence-electron chi connectivity index (χ3n) is 5.32. The highest BCUT2D eigenvalue weighted by molar-refractivity contribution is 5.94. The first kappa shape index (κ1) is 17.7. The molecular formula is C19H27N3O3. The fraction of sp³-hybridized carbons (Fsp3) is 0.632.